The van der Waals surface area contributed by atoms with Crippen molar-refractivity contribution in [2.45, 2.75) is 24.7 Å². The van der Waals surface area contributed by atoms with Crippen LogP contribution in [0.5, 0.6) is 0 Å². The fourth-order valence-electron chi connectivity index (χ4n) is 2.04. The molecule has 0 bridgehead atoms. The maximum Gasteiger partial charge on any atom is 0.254 e. The van der Waals surface area contributed by atoms with Crippen LogP contribution in [-0.4, -0.2) is 32.8 Å². The van der Waals surface area contributed by atoms with Crippen molar-refractivity contribution in [2.75, 3.05) is 13.6 Å². The van der Waals surface area contributed by atoms with Crippen LogP contribution in [0.2, 0.25) is 0 Å². The first kappa shape index (κ1) is 14.0. The minimum Gasteiger partial charge on any atom is -0.341 e. The lowest BCUT2D eigenvalue weighted by molar-refractivity contribution is 0.0785. The van der Waals surface area contributed by atoms with Crippen LogP contribution in [0, 0.1) is 12.8 Å². The Morgan fingerprint density at radius 1 is 1.42 bits per heavy atom. The summed E-state index contributed by atoms with van der Waals surface area (Å²) in [4.78, 5) is 13.8. The van der Waals surface area contributed by atoms with Crippen molar-refractivity contribution < 1.29 is 13.2 Å². The van der Waals surface area contributed by atoms with Gasteiger partial charge in [-0.05, 0) is 37.8 Å². The summed E-state index contributed by atoms with van der Waals surface area (Å²) in [6.07, 6.45) is 2.26. The fourth-order valence-corrected chi connectivity index (χ4v) is 2.75. The number of amides is 1. The number of carbonyl (C=O) groups excluding carboxylic acids is 1. The molecule has 0 radical (unpaired) electrons. The van der Waals surface area contributed by atoms with E-state index in [1.54, 1.807) is 24.1 Å². The van der Waals surface area contributed by atoms with Gasteiger partial charge in [0.05, 0.1) is 10.5 Å². The van der Waals surface area contributed by atoms with E-state index in [-0.39, 0.29) is 16.4 Å². The summed E-state index contributed by atoms with van der Waals surface area (Å²) in [7, 11) is -2.20. The summed E-state index contributed by atoms with van der Waals surface area (Å²) in [6.45, 7) is 2.47. The third-order valence-electron chi connectivity index (χ3n) is 3.25. The van der Waals surface area contributed by atoms with Crippen molar-refractivity contribution in [2.24, 2.45) is 11.1 Å². The highest BCUT2D eigenvalue weighted by atomic mass is 32.2. The van der Waals surface area contributed by atoms with Crippen LogP contribution < -0.4 is 5.14 Å². The molecule has 1 aromatic rings. The van der Waals surface area contributed by atoms with E-state index in [0.29, 0.717) is 12.5 Å². The molecule has 0 aromatic heterocycles. The molecule has 0 heterocycles. The minimum absolute atomic E-state index is 0.106. The Balaban J connectivity index is 2.36. The van der Waals surface area contributed by atoms with Crippen LogP contribution in [-0.2, 0) is 10.0 Å². The number of hydrogen-bond acceptors (Lipinski definition) is 3. The summed E-state index contributed by atoms with van der Waals surface area (Å²) in [6, 6.07) is 4.60. The number of aryl methyl sites for hydroxylation is 1. The van der Waals surface area contributed by atoms with Gasteiger partial charge in [0.15, 0.2) is 0 Å². The summed E-state index contributed by atoms with van der Waals surface area (Å²) >= 11 is 0. The molecular formula is C13H18N2O3S. The third kappa shape index (κ3) is 3.33. The third-order valence-corrected chi connectivity index (χ3v) is 4.22. The summed E-state index contributed by atoms with van der Waals surface area (Å²) in [5.41, 5.74) is 0.987. The lowest BCUT2D eigenvalue weighted by Gasteiger charge is -2.18. The number of hydrogen-bond donors (Lipinski definition) is 1. The van der Waals surface area contributed by atoms with Gasteiger partial charge in [-0.15, -0.1) is 0 Å². The number of primary sulfonamides is 1. The quantitative estimate of drug-likeness (QED) is 0.898. The predicted molar refractivity (Wildman–Crippen MR) is 72.2 cm³/mol. The van der Waals surface area contributed by atoms with Crippen molar-refractivity contribution in [3.05, 3.63) is 29.3 Å². The molecule has 6 heteroatoms. The molecule has 0 saturated heterocycles. The van der Waals surface area contributed by atoms with Crippen LogP contribution in [0.3, 0.4) is 0 Å². The largest absolute Gasteiger partial charge is 0.341 e. The Morgan fingerprint density at radius 2 is 2.05 bits per heavy atom. The average molecular weight is 282 g/mol. The van der Waals surface area contributed by atoms with Crippen LogP contribution in [0.25, 0.3) is 0 Å². The second-order valence-corrected chi connectivity index (χ2v) is 6.70. The van der Waals surface area contributed by atoms with E-state index >= 15 is 0 Å². The molecule has 104 valence electrons. The molecule has 1 saturated carbocycles. The Morgan fingerprint density at radius 3 is 2.58 bits per heavy atom. The molecular weight excluding hydrogens is 264 g/mol. The molecule has 0 atom stereocenters. The second kappa shape index (κ2) is 4.94. The van der Waals surface area contributed by atoms with Crippen LogP contribution in [0.15, 0.2) is 23.1 Å². The van der Waals surface area contributed by atoms with E-state index in [0.717, 1.165) is 18.4 Å². The number of nitrogens with two attached hydrogens (primary N) is 1. The van der Waals surface area contributed by atoms with Crippen molar-refractivity contribution in [1.29, 1.82) is 0 Å². The molecule has 0 spiro atoms. The number of nitrogens with zero attached hydrogens (tertiary/aromatic N) is 1. The van der Waals surface area contributed by atoms with E-state index in [9.17, 15) is 13.2 Å². The van der Waals surface area contributed by atoms with Gasteiger partial charge < -0.3 is 4.90 Å². The van der Waals surface area contributed by atoms with E-state index in [2.05, 4.69) is 0 Å². The molecule has 1 aliphatic rings. The molecule has 1 aliphatic carbocycles. The Bertz CT molecular complexity index is 606. The fraction of sp³-hybridized carbons (Fsp3) is 0.462. The number of benzene rings is 1. The van der Waals surface area contributed by atoms with Crippen molar-refractivity contribution >= 4 is 15.9 Å². The van der Waals surface area contributed by atoms with Gasteiger partial charge >= 0.3 is 0 Å². The van der Waals surface area contributed by atoms with Crippen molar-refractivity contribution in [3.8, 4) is 0 Å². The molecule has 0 unspecified atom stereocenters. The summed E-state index contributed by atoms with van der Waals surface area (Å²) < 4.78 is 23.1. The lowest BCUT2D eigenvalue weighted by atomic mass is 10.1. The lowest BCUT2D eigenvalue weighted by Crippen LogP contribution is -2.30. The van der Waals surface area contributed by atoms with Gasteiger partial charge in [-0.3, -0.25) is 4.79 Å². The van der Waals surface area contributed by atoms with Gasteiger partial charge in [0, 0.05) is 13.6 Å². The Kier molecular flexibility index (Phi) is 3.64. The van der Waals surface area contributed by atoms with Gasteiger partial charge in [-0.1, -0.05) is 11.6 Å². The number of sulfonamides is 1. The zero-order valence-electron chi connectivity index (χ0n) is 11.1. The molecule has 5 nitrogen and oxygen atoms in total. The average Bonchev–Trinajstić information content (AvgIpc) is 3.10. The molecule has 0 aliphatic heterocycles. The van der Waals surface area contributed by atoms with Gasteiger partial charge in [-0.2, -0.15) is 0 Å². The van der Waals surface area contributed by atoms with Gasteiger partial charge in [-0.25, -0.2) is 13.6 Å². The maximum atomic E-state index is 12.3. The highest BCUT2D eigenvalue weighted by molar-refractivity contribution is 7.89. The van der Waals surface area contributed by atoms with E-state index < -0.39 is 10.0 Å². The van der Waals surface area contributed by atoms with Gasteiger partial charge in [0.1, 0.15) is 0 Å². The first-order valence-electron chi connectivity index (χ1n) is 6.18. The molecule has 2 N–H and O–H groups in total. The smallest absolute Gasteiger partial charge is 0.254 e. The minimum atomic E-state index is -3.89. The van der Waals surface area contributed by atoms with E-state index in [4.69, 9.17) is 5.14 Å². The normalized spacial score (nSPS) is 15.3. The standard InChI is InChI=1S/C13H18N2O3S/c1-9-3-6-12(19(14,17)18)11(7-9)13(16)15(2)8-10-4-5-10/h3,6-7,10H,4-5,8H2,1-2H3,(H2,14,17,18). The molecule has 1 fully saturated rings. The van der Waals surface area contributed by atoms with Crippen LogP contribution >= 0.6 is 0 Å². The molecule has 1 amide bonds. The molecule has 2 rings (SSSR count). The highest BCUT2D eigenvalue weighted by Crippen LogP contribution is 2.30. The van der Waals surface area contributed by atoms with E-state index in [1.165, 1.54) is 6.07 Å². The van der Waals surface area contributed by atoms with Crippen LogP contribution in [0.1, 0.15) is 28.8 Å². The number of rotatable bonds is 4. The number of carbonyl (C=O) groups is 1. The second-order valence-electron chi connectivity index (χ2n) is 5.17. The Hall–Kier alpha value is -1.40. The maximum absolute atomic E-state index is 12.3. The highest BCUT2D eigenvalue weighted by Gasteiger charge is 2.27. The molecule has 1 aromatic carbocycles. The zero-order valence-corrected chi connectivity index (χ0v) is 11.9. The monoisotopic (exact) mass is 282 g/mol. The zero-order chi connectivity index (χ0) is 14.2. The molecule has 19 heavy (non-hydrogen) atoms. The summed E-state index contributed by atoms with van der Waals surface area (Å²) in [5.74, 6) is 0.260. The van der Waals surface area contributed by atoms with Crippen molar-refractivity contribution in [1.82, 2.24) is 4.90 Å². The van der Waals surface area contributed by atoms with Crippen LogP contribution in [0.4, 0.5) is 0 Å². The van der Waals surface area contributed by atoms with Gasteiger partial charge in [0.2, 0.25) is 10.0 Å². The first-order valence-corrected chi connectivity index (χ1v) is 7.72. The predicted octanol–water partition coefficient (Wildman–Crippen LogP) is 1.12. The summed E-state index contributed by atoms with van der Waals surface area (Å²) in [5, 5.41) is 5.16. The van der Waals surface area contributed by atoms with E-state index in [1.807, 2.05) is 6.92 Å². The SMILES string of the molecule is Cc1ccc(S(N)(=O)=O)c(C(=O)N(C)CC2CC2)c1. The topological polar surface area (TPSA) is 80.5 Å². The Labute approximate surface area is 113 Å². The van der Waals surface area contributed by atoms with Gasteiger partial charge in [0.25, 0.3) is 5.91 Å². The first-order chi connectivity index (χ1) is 8.79. The van der Waals surface area contributed by atoms with Crippen molar-refractivity contribution in [3.63, 3.8) is 0 Å².